The lowest BCUT2D eigenvalue weighted by Crippen LogP contribution is -2.30. The third-order valence-electron chi connectivity index (χ3n) is 2.82. The van der Waals surface area contributed by atoms with Gasteiger partial charge in [0.1, 0.15) is 6.61 Å². The van der Waals surface area contributed by atoms with Crippen molar-refractivity contribution in [3.63, 3.8) is 0 Å². The summed E-state index contributed by atoms with van der Waals surface area (Å²) in [5.41, 5.74) is 1.00. The number of hydrogen-bond donors (Lipinski definition) is 0. The highest BCUT2D eigenvalue weighted by molar-refractivity contribution is 5.77. The minimum atomic E-state index is -0.0358. The molecule has 1 aliphatic heterocycles. The molecule has 1 aromatic carbocycles. The van der Waals surface area contributed by atoms with Gasteiger partial charge in [0.2, 0.25) is 12.7 Å². The predicted molar refractivity (Wildman–Crippen MR) is 70.1 cm³/mol. The van der Waals surface area contributed by atoms with E-state index in [-0.39, 0.29) is 25.4 Å². The van der Waals surface area contributed by atoms with Crippen molar-refractivity contribution < 1.29 is 19.0 Å². The molecular weight excluding hydrogens is 246 g/mol. The quantitative estimate of drug-likeness (QED) is 0.814. The van der Waals surface area contributed by atoms with Gasteiger partial charge >= 0.3 is 0 Å². The van der Waals surface area contributed by atoms with Gasteiger partial charge in [-0.05, 0) is 31.5 Å². The van der Waals surface area contributed by atoms with Crippen LogP contribution in [0.2, 0.25) is 0 Å². The maximum atomic E-state index is 11.8. The van der Waals surface area contributed by atoms with Crippen molar-refractivity contribution in [1.29, 1.82) is 0 Å². The van der Waals surface area contributed by atoms with Crippen LogP contribution in [0.15, 0.2) is 18.2 Å². The average molecular weight is 265 g/mol. The Labute approximate surface area is 113 Å². The van der Waals surface area contributed by atoms with E-state index in [2.05, 4.69) is 0 Å². The van der Waals surface area contributed by atoms with Gasteiger partial charge < -0.3 is 19.1 Å². The molecule has 0 spiro atoms. The van der Waals surface area contributed by atoms with Gasteiger partial charge in [0.05, 0.1) is 6.10 Å². The Morgan fingerprint density at radius 1 is 1.37 bits per heavy atom. The van der Waals surface area contributed by atoms with Crippen LogP contribution in [0.3, 0.4) is 0 Å². The number of rotatable bonds is 5. The van der Waals surface area contributed by atoms with Crippen LogP contribution in [-0.2, 0) is 16.1 Å². The van der Waals surface area contributed by atoms with E-state index in [0.717, 1.165) is 17.1 Å². The summed E-state index contributed by atoms with van der Waals surface area (Å²) in [5, 5.41) is 0. The highest BCUT2D eigenvalue weighted by Crippen LogP contribution is 2.32. The lowest BCUT2D eigenvalue weighted by Gasteiger charge is -2.18. The molecule has 0 aromatic heterocycles. The number of likely N-dealkylation sites (N-methyl/N-ethyl adjacent to an activating group) is 1. The normalized spacial score (nSPS) is 12.8. The van der Waals surface area contributed by atoms with E-state index >= 15 is 0 Å². The number of nitrogens with zero attached hydrogens (tertiary/aromatic N) is 1. The fourth-order valence-corrected chi connectivity index (χ4v) is 1.75. The van der Waals surface area contributed by atoms with Crippen molar-refractivity contribution in [2.24, 2.45) is 0 Å². The SMILES string of the molecule is CC(C)OCC(=O)N(C)Cc1ccc2c(c1)OCO2. The van der Waals surface area contributed by atoms with E-state index in [0.29, 0.717) is 6.54 Å². The zero-order chi connectivity index (χ0) is 13.8. The molecule has 0 radical (unpaired) electrons. The van der Waals surface area contributed by atoms with Crippen molar-refractivity contribution in [2.45, 2.75) is 26.5 Å². The number of ether oxygens (including phenoxy) is 3. The molecule has 2 rings (SSSR count). The predicted octanol–water partition coefficient (Wildman–Crippen LogP) is 1.80. The minimum Gasteiger partial charge on any atom is -0.454 e. The van der Waals surface area contributed by atoms with Crippen molar-refractivity contribution in [2.75, 3.05) is 20.4 Å². The van der Waals surface area contributed by atoms with Crippen LogP contribution in [0.4, 0.5) is 0 Å². The Hall–Kier alpha value is -1.75. The maximum Gasteiger partial charge on any atom is 0.248 e. The second-order valence-corrected chi connectivity index (χ2v) is 4.80. The third-order valence-corrected chi connectivity index (χ3v) is 2.82. The van der Waals surface area contributed by atoms with E-state index in [9.17, 15) is 4.79 Å². The van der Waals surface area contributed by atoms with Gasteiger partial charge in [0.15, 0.2) is 11.5 Å². The Bertz CT molecular complexity index is 459. The molecule has 19 heavy (non-hydrogen) atoms. The zero-order valence-corrected chi connectivity index (χ0v) is 11.5. The van der Waals surface area contributed by atoms with Gasteiger partial charge in [0.25, 0.3) is 0 Å². The topological polar surface area (TPSA) is 48.0 Å². The Morgan fingerprint density at radius 2 is 2.11 bits per heavy atom. The summed E-state index contributed by atoms with van der Waals surface area (Å²) in [6.45, 7) is 4.71. The molecule has 0 bridgehead atoms. The molecule has 1 heterocycles. The van der Waals surface area contributed by atoms with Crippen LogP contribution in [0, 0.1) is 0 Å². The summed E-state index contributed by atoms with van der Waals surface area (Å²) in [6, 6.07) is 5.69. The first-order valence-electron chi connectivity index (χ1n) is 6.30. The minimum absolute atomic E-state index is 0.0358. The van der Waals surface area contributed by atoms with Gasteiger partial charge in [-0.2, -0.15) is 0 Å². The van der Waals surface area contributed by atoms with Gasteiger partial charge in [-0.1, -0.05) is 6.07 Å². The summed E-state index contributed by atoms with van der Waals surface area (Å²) in [7, 11) is 1.76. The van der Waals surface area contributed by atoms with E-state index < -0.39 is 0 Å². The fraction of sp³-hybridized carbons (Fsp3) is 0.500. The Balaban J connectivity index is 1.91. The first-order chi connectivity index (χ1) is 9.06. The van der Waals surface area contributed by atoms with E-state index in [1.807, 2.05) is 32.0 Å². The number of amides is 1. The lowest BCUT2D eigenvalue weighted by molar-refractivity contribution is -0.136. The number of hydrogen-bond acceptors (Lipinski definition) is 4. The van der Waals surface area contributed by atoms with Crippen molar-refractivity contribution >= 4 is 5.91 Å². The molecular formula is C14H19NO4. The molecule has 1 amide bonds. The van der Waals surface area contributed by atoms with Crippen LogP contribution in [0.25, 0.3) is 0 Å². The fourth-order valence-electron chi connectivity index (χ4n) is 1.75. The number of carbonyl (C=O) groups excluding carboxylic acids is 1. The van der Waals surface area contributed by atoms with E-state index in [1.165, 1.54) is 0 Å². The molecule has 1 aromatic rings. The zero-order valence-electron chi connectivity index (χ0n) is 11.5. The first-order valence-corrected chi connectivity index (χ1v) is 6.30. The molecule has 0 saturated carbocycles. The summed E-state index contributed by atoms with van der Waals surface area (Å²) in [6.07, 6.45) is 0.0582. The number of benzene rings is 1. The van der Waals surface area contributed by atoms with Gasteiger partial charge in [-0.25, -0.2) is 0 Å². The second-order valence-electron chi connectivity index (χ2n) is 4.80. The van der Waals surface area contributed by atoms with Crippen LogP contribution in [0.1, 0.15) is 19.4 Å². The highest BCUT2D eigenvalue weighted by atomic mass is 16.7. The Morgan fingerprint density at radius 3 is 2.84 bits per heavy atom. The van der Waals surface area contributed by atoms with Crippen molar-refractivity contribution in [3.05, 3.63) is 23.8 Å². The monoisotopic (exact) mass is 265 g/mol. The highest BCUT2D eigenvalue weighted by Gasteiger charge is 2.15. The summed E-state index contributed by atoms with van der Waals surface area (Å²) < 4.78 is 15.9. The van der Waals surface area contributed by atoms with Crippen molar-refractivity contribution in [1.82, 2.24) is 4.90 Å². The smallest absolute Gasteiger partial charge is 0.248 e. The first kappa shape index (κ1) is 13.7. The molecule has 0 saturated heterocycles. The molecule has 5 heteroatoms. The standard InChI is InChI=1S/C14H19NO4/c1-10(2)17-8-14(16)15(3)7-11-4-5-12-13(6-11)19-9-18-12/h4-6,10H,7-9H2,1-3H3. The molecule has 0 aliphatic carbocycles. The van der Waals surface area contributed by atoms with Crippen LogP contribution < -0.4 is 9.47 Å². The molecule has 0 N–H and O–H groups in total. The van der Waals surface area contributed by atoms with Crippen LogP contribution >= 0.6 is 0 Å². The molecule has 104 valence electrons. The largest absolute Gasteiger partial charge is 0.454 e. The van der Waals surface area contributed by atoms with Crippen LogP contribution in [0.5, 0.6) is 11.5 Å². The summed E-state index contributed by atoms with van der Waals surface area (Å²) >= 11 is 0. The molecule has 1 aliphatic rings. The van der Waals surface area contributed by atoms with Gasteiger partial charge in [-0.15, -0.1) is 0 Å². The lowest BCUT2D eigenvalue weighted by atomic mass is 10.2. The van der Waals surface area contributed by atoms with E-state index in [4.69, 9.17) is 14.2 Å². The molecule has 0 unspecified atom stereocenters. The molecule has 0 atom stereocenters. The number of carbonyl (C=O) groups is 1. The van der Waals surface area contributed by atoms with Crippen LogP contribution in [-0.4, -0.2) is 37.4 Å². The van der Waals surface area contributed by atoms with Gasteiger partial charge in [-0.3, -0.25) is 4.79 Å². The molecule has 0 fully saturated rings. The van der Waals surface area contributed by atoms with Crippen molar-refractivity contribution in [3.8, 4) is 11.5 Å². The summed E-state index contributed by atoms with van der Waals surface area (Å²) in [4.78, 5) is 13.5. The average Bonchev–Trinajstić information content (AvgIpc) is 2.83. The molecule has 5 nitrogen and oxygen atoms in total. The Kier molecular flexibility index (Phi) is 4.27. The van der Waals surface area contributed by atoms with Gasteiger partial charge in [0, 0.05) is 13.6 Å². The summed E-state index contributed by atoms with van der Waals surface area (Å²) in [5.74, 6) is 1.45. The van der Waals surface area contributed by atoms with E-state index in [1.54, 1.807) is 11.9 Å². The maximum absolute atomic E-state index is 11.8. The number of fused-ring (bicyclic) bond motifs is 1. The second kappa shape index (κ2) is 5.93. The third kappa shape index (κ3) is 3.61.